The number of rotatable bonds is 3. The zero-order valence-corrected chi connectivity index (χ0v) is 11.6. The number of aromatic nitrogens is 2. The molecule has 21 heavy (non-hydrogen) atoms. The molecule has 2 aromatic rings. The highest BCUT2D eigenvalue weighted by Crippen LogP contribution is 2.16. The van der Waals surface area contributed by atoms with Gasteiger partial charge in [0.05, 0.1) is 11.6 Å². The summed E-state index contributed by atoms with van der Waals surface area (Å²) in [5.41, 5.74) is 1.33. The van der Waals surface area contributed by atoms with E-state index in [1.54, 1.807) is 12.4 Å². The predicted octanol–water partition coefficient (Wildman–Crippen LogP) is 1.10. The number of carbonyl (C=O) groups is 1. The number of nitrogens with zero attached hydrogens (tertiary/aromatic N) is 1. The first kappa shape index (κ1) is 13.6. The molecule has 3 rings (SSSR count). The zero-order valence-electron chi connectivity index (χ0n) is 11.6. The molecule has 6 heteroatoms. The third-order valence-electron chi connectivity index (χ3n) is 3.73. The summed E-state index contributed by atoms with van der Waals surface area (Å²) in [6, 6.07) is 7.24. The number of nitrogens with one attached hydrogen (secondary N) is 3. The minimum absolute atomic E-state index is 0.0331. The summed E-state index contributed by atoms with van der Waals surface area (Å²) in [7, 11) is 0. The Labute approximate surface area is 122 Å². The molecule has 3 N–H and O–H groups in total. The minimum atomic E-state index is -0.180. The lowest BCUT2D eigenvalue weighted by Gasteiger charge is -2.21. The Hall–Kier alpha value is -2.34. The van der Waals surface area contributed by atoms with Crippen LogP contribution in [-0.2, 0) is 4.79 Å². The van der Waals surface area contributed by atoms with Gasteiger partial charge in [-0.2, -0.15) is 0 Å². The van der Waals surface area contributed by atoms with Crippen molar-refractivity contribution in [2.24, 2.45) is 5.92 Å². The number of anilines is 1. The van der Waals surface area contributed by atoms with E-state index in [1.807, 2.05) is 24.3 Å². The van der Waals surface area contributed by atoms with E-state index in [2.05, 4.69) is 15.6 Å². The van der Waals surface area contributed by atoms with Crippen LogP contribution < -0.4 is 16.3 Å². The number of H-pyrrole nitrogens is 1. The lowest BCUT2D eigenvalue weighted by atomic mass is 9.99. The Kier molecular flexibility index (Phi) is 3.87. The standard InChI is InChI=1S/C15H18N4O2/c20-14(11-2-1-7-16-10-11)18-12-3-5-13(6-4-12)19-9-8-17-15(19)21/h3-6,8-9,11,16H,1-2,7,10H2,(H,17,21)(H,18,20). The molecule has 110 valence electrons. The van der Waals surface area contributed by atoms with Gasteiger partial charge in [-0.1, -0.05) is 0 Å². The van der Waals surface area contributed by atoms with Gasteiger partial charge in [0.2, 0.25) is 5.91 Å². The van der Waals surface area contributed by atoms with Crippen LogP contribution >= 0.6 is 0 Å². The molecule has 1 unspecified atom stereocenters. The lowest BCUT2D eigenvalue weighted by molar-refractivity contribution is -0.120. The van der Waals surface area contributed by atoms with Crippen LogP contribution in [0.3, 0.4) is 0 Å². The van der Waals surface area contributed by atoms with Crippen molar-refractivity contribution in [1.29, 1.82) is 0 Å². The van der Waals surface area contributed by atoms with Crippen LogP contribution in [0.25, 0.3) is 5.69 Å². The molecule has 0 bridgehead atoms. The molecule has 1 aromatic heterocycles. The first-order chi connectivity index (χ1) is 10.2. The second-order valence-corrected chi connectivity index (χ2v) is 5.21. The molecule has 1 saturated heterocycles. The lowest BCUT2D eigenvalue weighted by Crippen LogP contribution is -2.37. The number of hydrogen-bond acceptors (Lipinski definition) is 3. The van der Waals surface area contributed by atoms with Crippen molar-refractivity contribution in [2.45, 2.75) is 12.8 Å². The third-order valence-corrected chi connectivity index (χ3v) is 3.73. The van der Waals surface area contributed by atoms with Gasteiger partial charge in [0.1, 0.15) is 0 Å². The summed E-state index contributed by atoms with van der Waals surface area (Å²) in [6.45, 7) is 1.73. The number of carbonyl (C=O) groups excluding carboxylic acids is 1. The van der Waals surface area contributed by atoms with Gasteiger partial charge in [-0.05, 0) is 43.7 Å². The summed E-state index contributed by atoms with van der Waals surface area (Å²) in [5.74, 6) is 0.0829. The van der Waals surface area contributed by atoms with Crippen molar-refractivity contribution < 1.29 is 4.79 Å². The maximum atomic E-state index is 12.1. The van der Waals surface area contributed by atoms with Gasteiger partial charge in [-0.25, -0.2) is 4.79 Å². The van der Waals surface area contributed by atoms with Gasteiger partial charge in [0.25, 0.3) is 0 Å². The van der Waals surface area contributed by atoms with Crippen molar-refractivity contribution in [1.82, 2.24) is 14.9 Å². The fourth-order valence-electron chi connectivity index (χ4n) is 2.55. The van der Waals surface area contributed by atoms with Gasteiger partial charge >= 0.3 is 5.69 Å². The molecule has 0 radical (unpaired) electrons. The average Bonchev–Trinajstić information content (AvgIpc) is 2.95. The Morgan fingerprint density at radius 2 is 2.10 bits per heavy atom. The van der Waals surface area contributed by atoms with Crippen molar-refractivity contribution in [3.05, 3.63) is 47.1 Å². The molecule has 2 heterocycles. The maximum Gasteiger partial charge on any atom is 0.330 e. The van der Waals surface area contributed by atoms with Crippen LogP contribution in [0, 0.1) is 5.92 Å². The van der Waals surface area contributed by atoms with Crippen molar-refractivity contribution in [3.63, 3.8) is 0 Å². The van der Waals surface area contributed by atoms with Gasteiger partial charge in [0.15, 0.2) is 0 Å². The molecule has 0 spiro atoms. The molecular formula is C15H18N4O2. The highest BCUT2D eigenvalue weighted by atomic mass is 16.2. The average molecular weight is 286 g/mol. The summed E-state index contributed by atoms with van der Waals surface area (Å²) in [5, 5.41) is 6.16. The Balaban J connectivity index is 1.68. The number of aromatic amines is 1. The van der Waals surface area contributed by atoms with E-state index in [9.17, 15) is 9.59 Å². The Bertz CT molecular complexity index is 665. The van der Waals surface area contributed by atoms with E-state index in [0.717, 1.165) is 37.3 Å². The molecule has 0 aliphatic carbocycles. The number of piperidine rings is 1. The van der Waals surface area contributed by atoms with Crippen molar-refractivity contribution in [2.75, 3.05) is 18.4 Å². The molecule has 1 atom stereocenters. The quantitative estimate of drug-likeness (QED) is 0.790. The van der Waals surface area contributed by atoms with Gasteiger partial charge in [0, 0.05) is 24.6 Å². The second-order valence-electron chi connectivity index (χ2n) is 5.21. The van der Waals surface area contributed by atoms with E-state index in [4.69, 9.17) is 0 Å². The van der Waals surface area contributed by atoms with Crippen LogP contribution in [0.15, 0.2) is 41.5 Å². The first-order valence-corrected chi connectivity index (χ1v) is 7.12. The monoisotopic (exact) mass is 286 g/mol. The van der Waals surface area contributed by atoms with Crippen LogP contribution in [0.4, 0.5) is 5.69 Å². The maximum absolute atomic E-state index is 12.1. The van der Waals surface area contributed by atoms with E-state index < -0.39 is 0 Å². The predicted molar refractivity (Wildman–Crippen MR) is 80.6 cm³/mol. The molecule has 0 saturated carbocycles. The normalized spacial score (nSPS) is 18.4. The fraction of sp³-hybridized carbons (Fsp3) is 0.333. The molecule has 1 fully saturated rings. The summed E-state index contributed by atoms with van der Waals surface area (Å²) >= 11 is 0. The van der Waals surface area contributed by atoms with Crippen LogP contribution in [-0.4, -0.2) is 28.5 Å². The minimum Gasteiger partial charge on any atom is -0.326 e. The van der Waals surface area contributed by atoms with Crippen LogP contribution in [0.5, 0.6) is 0 Å². The Morgan fingerprint density at radius 3 is 2.71 bits per heavy atom. The molecular weight excluding hydrogens is 268 g/mol. The van der Waals surface area contributed by atoms with Crippen LogP contribution in [0.2, 0.25) is 0 Å². The fourth-order valence-corrected chi connectivity index (χ4v) is 2.55. The smallest absolute Gasteiger partial charge is 0.326 e. The van der Waals surface area contributed by atoms with E-state index in [-0.39, 0.29) is 17.5 Å². The molecule has 1 aliphatic heterocycles. The highest BCUT2D eigenvalue weighted by molar-refractivity contribution is 5.92. The number of benzene rings is 1. The van der Waals surface area contributed by atoms with Crippen molar-refractivity contribution in [3.8, 4) is 5.69 Å². The zero-order chi connectivity index (χ0) is 14.7. The molecule has 1 amide bonds. The summed E-state index contributed by atoms with van der Waals surface area (Å²) in [6.07, 6.45) is 5.22. The number of amides is 1. The third kappa shape index (κ3) is 3.05. The second kappa shape index (κ2) is 5.97. The van der Waals surface area contributed by atoms with E-state index in [1.165, 1.54) is 4.57 Å². The largest absolute Gasteiger partial charge is 0.330 e. The van der Waals surface area contributed by atoms with Crippen molar-refractivity contribution >= 4 is 11.6 Å². The van der Waals surface area contributed by atoms with E-state index >= 15 is 0 Å². The number of imidazole rings is 1. The summed E-state index contributed by atoms with van der Waals surface area (Å²) in [4.78, 5) is 26.2. The Morgan fingerprint density at radius 1 is 1.29 bits per heavy atom. The van der Waals surface area contributed by atoms with Crippen LogP contribution in [0.1, 0.15) is 12.8 Å². The molecule has 1 aromatic carbocycles. The highest BCUT2D eigenvalue weighted by Gasteiger charge is 2.20. The SMILES string of the molecule is O=C(Nc1ccc(-n2cc[nH]c2=O)cc1)C1CCCNC1. The topological polar surface area (TPSA) is 78.9 Å². The summed E-state index contributed by atoms with van der Waals surface area (Å²) < 4.78 is 1.51. The van der Waals surface area contributed by atoms with Gasteiger partial charge in [-0.3, -0.25) is 9.36 Å². The molecule has 1 aliphatic rings. The van der Waals surface area contributed by atoms with E-state index in [0.29, 0.717) is 0 Å². The first-order valence-electron chi connectivity index (χ1n) is 7.12. The molecule has 6 nitrogen and oxygen atoms in total. The van der Waals surface area contributed by atoms with Gasteiger partial charge in [-0.15, -0.1) is 0 Å². The number of hydrogen-bond donors (Lipinski definition) is 3. The van der Waals surface area contributed by atoms with Gasteiger partial charge < -0.3 is 15.6 Å².